The number of amides is 8. The maximum atomic E-state index is 14.5. The summed E-state index contributed by atoms with van der Waals surface area (Å²) in [6.07, 6.45) is 0.505. The molecule has 2 saturated heterocycles. The fourth-order valence-electron chi connectivity index (χ4n) is 9.90. The fourth-order valence-corrected chi connectivity index (χ4v) is 10.4. The Morgan fingerprint density at radius 3 is 2.36 bits per heavy atom. The molecule has 2 fully saturated rings. The van der Waals surface area contributed by atoms with Gasteiger partial charge in [0.1, 0.15) is 52.5 Å². The van der Waals surface area contributed by atoms with Gasteiger partial charge in [0.2, 0.25) is 23.6 Å². The SMILES string of the molecule is C=C(CBr)C(=O)OC(C)CCCCC(=O)N[C@H](C(=O)N[C@@H](CCCNC(N)=O)C(=O)Nc1ccc(NC(=O)O[C@H]2CC(=O)N(C)c3cc(cc(OC)c3Cl)C/C(C)=C/C=C/[C@@H](OC)[C@@]3(O)C[C@H](OC(=O)N3)[C@@H](C)[C@@H]3O[C@@]23C)c(OC)c1)C(C)C. The van der Waals surface area contributed by atoms with Crippen LogP contribution in [0.5, 0.6) is 11.5 Å². The highest BCUT2D eigenvalue weighted by molar-refractivity contribution is 9.09. The zero-order valence-corrected chi connectivity index (χ0v) is 51.5. The summed E-state index contributed by atoms with van der Waals surface area (Å²) >= 11 is 10.0. The fraction of sp³-hybridized carbons (Fsp3) is 0.552. The average Bonchev–Trinajstić information content (AvgIpc) is 3.83. The summed E-state index contributed by atoms with van der Waals surface area (Å²) in [5.41, 5.74) is 4.49. The first-order chi connectivity index (χ1) is 39.7. The molecule has 8 amide bonds. The molecule has 4 bridgehead atoms. The van der Waals surface area contributed by atoms with E-state index in [4.69, 9.17) is 50.5 Å². The molecular weight excluding hydrogens is 1180 g/mol. The summed E-state index contributed by atoms with van der Waals surface area (Å²) in [4.78, 5) is 108. The lowest BCUT2D eigenvalue weighted by molar-refractivity contribution is -0.144. The lowest BCUT2D eigenvalue weighted by Gasteiger charge is -2.42. The molecule has 0 radical (unpaired) electrons. The van der Waals surface area contributed by atoms with Crippen LogP contribution in [0.25, 0.3) is 0 Å². The second-order valence-corrected chi connectivity index (χ2v) is 22.6. The molecule has 0 aliphatic carbocycles. The Morgan fingerprint density at radius 1 is 0.988 bits per heavy atom. The number of halogens is 2. The number of hydrogen-bond acceptors (Lipinski definition) is 16. The number of esters is 1. The summed E-state index contributed by atoms with van der Waals surface area (Å²) in [5.74, 6) is -3.37. The number of hydrogen-bond donors (Lipinski definition) is 8. The van der Waals surface area contributed by atoms with E-state index in [1.165, 1.54) is 51.5 Å². The van der Waals surface area contributed by atoms with E-state index in [0.29, 0.717) is 42.7 Å². The monoisotopic (exact) mass is 1260 g/mol. The number of urea groups is 1. The second kappa shape index (κ2) is 30.8. The molecule has 462 valence electrons. The standard InChI is InChI=1S/C58H80BrClN8O16/c1-31(2)49(66-46(69)20-13-12-17-34(5)81-53(73)33(4)30-59)52(72)64-39(18-15-23-62-54(61)74)51(71)63-37-21-22-38(41(27-37)78-9)65-55(75)83-45-28-47(70)68(8)40-25-36(26-42(79-10)48(40)60)24-32(3)16-14-19-44(80-11)58(77)29-43(82-56(76)67-58)35(6)50-57(45,7)84-50/h14,16,19,21-22,25-27,31,34-35,39,43-45,49-50,77H,4,12-13,15,17-18,20,23-24,28-30H2,1-3,5-11H3,(H,63,71)(H,64,72)(H,65,75)(H,66,69)(H,67,76)(H3,61,62,74)/b19-14+,32-16+/t34?,35-,39+,43+,44-,45+,49+,50+,57+,58+/m1/s1. The summed E-state index contributed by atoms with van der Waals surface area (Å²) in [7, 11) is 5.71. The number of alkyl carbamates (subject to hydrolysis) is 1. The van der Waals surface area contributed by atoms with Gasteiger partial charge in [-0.1, -0.05) is 78.7 Å². The molecule has 0 aromatic heterocycles. The number of carbonyl (C=O) groups excluding carboxylic acids is 8. The first-order valence-corrected chi connectivity index (χ1v) is 29.1. The van der Waals surface area contributed by atoms with Gasteiger partial charge in [-0.2, -0.15) is 0 Å². The van der Waals surface area contributed by atoms with Gasteiger partial charge in [0.05, 0.1) is 44.2 Å². The quantitative estimate of drug-likeness (QED) is 0.0141. The van der Waals surface area contributed by atoms with E-state index in [-0.39, 0.29) is 59.7 Å². The molecule has 3 heterocycles. The van der Waals surface area contributed by atoms with Crippen LogP contribution in [-0.4, -0.2) is 147 Å². The van der Waals surface area contributed by atoms with Gasteiger partial charge >= 0.3 is 24.2 Å². The number of nitrogens with two attached hydrogens (primary N) is 1. The maximum absolute atomic E-state index is 14.5. The van der Waals surface area contributed by atoms with Gasteiger partial charge in [-0.05, 0) is 95.0 Å². The number of benzene rings is 2. The number of allylic oxidation sites excluding steroid dienone is 3. The average molecular weight is 1260 g/mol. The predicted octanol–water partition coefficient (Wildman–Crippen LogP) is 6.84. The van der Waals surface area contributed by atoms with Crippen molar-refractivity contribution in [3.8, 4) is 11.5 Å². The molecule has 0 spiro atoms. The van der Waals surface area contributed by atoms with Gasteiger partial charge in [0.25, 0.3) is 0 Å². The van der Waals surface area contributed by atoms with Crippen molar-refractivity contribution in [3.05, 3.63) is 76.9 Å². The van der Waals surface area contributed by atoms with Crippen molar-refractivity contribution in [2.24, 2.45) is 17.6 Å². The third-order valence-corrected chi connectivity index (χ3v) is 15.9. The van der Waals surface area contributed by atoms with Crippen LogP contribution in [0.15, 0.2) is 66.3 Å². The van der Waals surface area contributed by atoms with Crippen molar-refractivity contribution < 1.29 is 76.6 Å². The number of alkyl halides is 1. The van der Waals surface area contributed by atoms with Crippen LogP contribution in [0.2, 0.25) is 5.02 Å². The topological polar surface area (TPSA) is 326 Å². The number of carbonyl (C=O) groups is 8. The maximum Gasteiger partial charge on any atom is 0.412 e. The zero-order valence-electron chi connectivity index (χ0n) is 49.2. The van der Waals surface area contributed by atoms with Crippen molar-refractivity contribution in [3.63, 3.8) is 0 Å². The van der Waals surface area contributed by atoms with Crippen molar-refractivity contribution in [2.75, 3.05) is 55.8 Å². The Kier molecular flexibility index (Phi) is 24.8. The number of nitrogens with zero attached hydrogens (tertiary/aromatic N) is 1. The molecule has 2 aromatic carbocycles. The van der Waals surface area contributed by atoms with Crippen molar-refractivity contribution in [1.82, 2.24) is 21.3 Å². The van der Waals surface area contributed by atoms with E-state index in [0.717, 1.165) is 11.1 Å². The van der Waals surface area contributed by atoms with Gasteiger partial charge < -0.3 is 70.2 Å². The minimum atomic E-state index is -1.91. The lowest BCUT2D eigenvalue weighted by atomic mass is 9.83. The smallest absolute Gasteiger partial charge is 0.412 e. The van der Waals surface area contributed by atoms with Crippen LogP contribution in [0.1, 0.15) is 98.5 Å². The van der Waals surface area contributed by atoms with Gasteiger partial charge in [0.15, 0.2) is 5.72 Å². The third-order valence-electron chi connectivity index (χ3n) is 14.8. The number of ether oxygens (including phenoxy) is 7. The van der Waals surface area contributed by atoms with Crippen LogP contribution < -0.4 is 52.0 Å². The molecule has 84 heavy (non-hydrogen) atoms. The minimum absolute atomic E-state index is 0.0364. The Bertz CT molecular complexity index is 2820. The minimum Gasteiger partial charge on any atom is -0.495 e. The van der Waals surface area contributed by atoms with E-state index < -0.39 is 120 Å². The van der Waals surface area contributed by atoms with E-state index in [9.17, 15) is 43.5 Å². The zero-order chi connectivity index (χ0) is 62.2. The summed E-state index contributed by atoms with van der Waals surface area (Å²) < 4.78 is 40.4. The number of unbranched alkanes of at least 4 members (excludes halogenated alkanes) is 1. The molecule has 2 aromatic rings. The number of nitrogens with one attached hydrogen (secondary N) is 6. The molecule has 26 heteroatoms. The van der Waals surface area contributed by atoms with Gasteiger partial charge in [0, 0.05) is 62.1 Å². The van der Waals surface area contributed by atoms with E-state index in [1.54, 1.807) is 58.9 Å². The molecule has 0 saturated carbocycles. The summed E-state index contributed by atoms with van der Waals surface area (Å²) in [6, 6.07) is 4.82. The number of anilines is 3. The third kappa shape index (κ3) is 18.5. The first kappa shape index (κ1) is 67.9. The number of aliphatic hydroxyl groups is 1. The molecule has 9 N–H and O–H groups in total. The van der Waals surface area contributed by atoms with Crippen LogP contribution >= 0.6 is 27.5 Å². The highest BCUT2D eigenvalue weighted by atomic mass is 79.9. The van der Waals surface area contributed by atoms with Gasteiger partial charge in [-0.15, -0.1) is 0 Å². The van der Waals surface area contributed by atoms with Crippen molar-refractivity contribution in [1.29, 1.82) is 0 Å². The van der Waals surface area contributed by atoms with Crippen molar-refractivity contribution in [2.45, 2.75) is 153 Å². The van der Waals surface area contributed by atoms with Crippen LogP contribution in [0.3, 0.4) is 0 Å². The first-order valence-electron chi connectivity index (χ1n) is 27.6. The highest BCUT2D eigenvalue weighted by Gasteiger charge is 2.64. The number of epoxide rings is 1. The second-order valence-electron chi connectivity index (χ2n) is 21.7. The Balaban J connectivity index is 1.34. The Labute approximate surface area is 503 Å². The molecular formula is C58H80BrClN8O16. The summed E-state index contributed by atoms with van der Waals surface area (Å²) in [6.45, 7) is 14.3. The predicted molar refractivity (Wildman–Crippen MR) is 317 cm³/mol. The molecule has 3 aliphatic rings. The van der Waals surface area contributed by atoms with Crippen LogP contribution in [-0.2, 0) is 54.1 Å². The molecule has 5 rings (SSSR count). The van der Waals surface area contributed by atoms with E-state index in [1.807, 2.05) is 13.0 Å². The van der Waals surface area contributed by atoms with Crippen LogP contribution in [0.4, 0.5) is 31.4 Å². The summed E-state index contributed by atoms with van der Waals surface area (Å²) in [5, 5.41) is 28.3. The highest BCUT2D eigenvalue weighted by Crippen LogP contribution is 2.49. The van der Waals surface area contributed by atoms with E-state index >= 15 is 0 Å². The number of methoxy groups -OCH3 is 3. The van der Waals surface area contributed by atoms with Gasteiger partial charge in [-0.25, -0.2) is 19.2 Å². The molecule has 10 atom stereocenters. The molecule has 3 aliphatic heterocycles. The Morgan fingerprint density at radius 2 is 1.70 bits per heavy atom. The molecule has 1 unspecified atom stereocenters. The number of primary amides is 1. The number of rotatable bonds is 23. The normalized spacial score (nSPS) is 24.4. The number of fused-ring (bicyclic) bond motifs is 5. The molecule has 24 nitrogen and oxygen atoms in total. The van der Waals surface area contributed by atoms with E-state index in [2.05, 4.69) is 54.4 Å². The van der Waals surface area contributed by atoms with Gasteiger partial charge in [-0.3, -0.25) is 29.8 Å². The van der Waals surface area contributed by atoms with Crippen molar-refractivity contribution >= 4 is 92.4 Å². The largest absolute Gasteiger partial charge is 0.495 e. The van der Waals surface area contributed by atoms with Crippen LogP contribution in [0, 0.1) is 11.8 Å². The Hall–Kier alpha value is -6.93. The lowest BCUT2D eigenvalue weighted by Crippen LogP contribution is -2.63.